The number of aromatic amines is 1. The lowest BCUT2D eigenvalue weighted by atomic mass is 9.99. The standard InChI is InChI=1S/C18H11N3/c19-11-12-8-9-17-16(10-12)18(21-20-17)15-7-3-5-13-4-1-2-6-14(13)15/h1-10H,(H,20,21). The summed E-state index contributed by atoms with van der Waals surface area (Å²) in [5.74, 6) is 0. The maximum atomic E-state index is 9.09. The van der Waals surface area contributed by atoms with Crippen LogP contribution in [0.5, 0.6) is 0 Å². The van der Waals surface area contributed by atoms with E-state index in [-0.39, 0.29) is 0 Å². The lowest BCUT2D eigenvalue weighted by Gasteiger charge is -2.04. The third-order valence-corrected chi connectivity index (χ3v) is 3.74. The zero-order valence-electron chi connectivity index (χ0n) is 11.2. The average molecular weight is 269 g/mol. The molecular formula is C18H11N3. The second-order valence-electron chi connectivity index (χ2n) is 4.97. The number of nitriles is 1. The minimum atomic E-state index is 0.644. The maximum Gasteiger partial charge on any atom is 0.101 e. The summed E-state index contributed by atoms with van der Waals surface area (Å²) in [7, 11) is 0. The van der Waals surface area contributed by atoms with Crippen molar-refractivity contribution in [2.45, 2.75) is 0 Å². The molecule has 1 heterocycles. The Kier molecular flexibility index (Phi) is 2.48. The molecule has 0 radical (unpaired) electrons. The predicted octanol–water partition coefficient (Wildman–Crippen LogP) is 4.25. The van der Waals surface area contributed by atoms with Crippen molar-refractivity contribution in [1.29, 1.82) is 5.26 Å². The summed E-state index contributed by atoms with van der Waals surface area (Å²) in [5, 5.41) is 19.9. The first kappa shape index (κ1) is 11.7. The van der Waals surface area contributed by atoms with Gasteiger partial charge in [0.15, 0.2) is 0 Å². The average Bonchev–Trinajstić information content (AvgIpc) is 2.97. The molecule has 3 aromatic carbocycles. The van der Waals surface area contributed by atoms with E-state index in [1.165, 1.54) is 5.39 Å². The first-order valence-corrected chi connectivity index (χ1v) is 6.73. The van der Waals surface area contributed by atoms with Crippen molar-refractivity contribution in [2.24, 2.45) is 0 Å². The summed E-state index contributed by atoms with van der Waals surface area (Å²) in [5.41, 5.74) is 3.55. The fraction of sp³-hybridized carbons (Fsp3) is 0. The van der Waals surface area contributed by atoms with E-state index in [1.54, 1.807) is 6.07 Å². The molecule has 0 aliphatic carbocycles. The molecule has 0 bridgehead atoms. The molecule has 0 aliphatic rings. The second kappa shape index (κ2) is 4.46. The summed E-state index contributed by atoms with van der Waals surface area (Å²) < 4.78 is 0. The van der Waals surface area contributed by atoms with E-state index < -0.39 is 0 Å². The van der Waals surface area contributed by atoms with E-state index in [0.717, 1.165) is 27.5 Å². The first-order valence-electron chi connectivity index (χ1n) is 6.73. The Morgan fingerprint density at radius 3 is 2.67 bits per heavy atom. The minimum Gasteiger partial charge on any atom is -0.277 e. The lowest BCUT2D eigenvalue weighted by molar-refractivity contribution is 1.12. The predicted molar refractivity (Wildman–Crippen MR) is 83.8 cm³/mol. The van der Waals surface area contributed by atoms with E-state index in [4.69, 9.17) is 5.26 Å². The van der Waals surface area contributed by atoms with E-state index in [2.05, 4.69) is 40.5 Å². The molecule has 1 aromatic heterocycles. The number of hydrogen-bond donors (Lipinski definition) is 1. The van der Waals surface area contributed by atoms with Crippen LogP contribution < -0.4 is 0 Å². The monoisotopic (exact) mass is 269 g/mol. The van der Waals surface area contributed by atoms with Crippen LogP contribution in [0.25, 0.3) is 32.9 Å². The molecule has 0 unspecified atom stereocenters. The summed E-state index contributed by atoms with van der Waals surface area (Å²) in [6, 6.07) is 22.2. The lowest BCUT2D eigenvalue weighted by Crippen LogP contribution is -1.82. The number of benzene rings is 3. The zero-order valence-corrected chi connectivity index (χ0v) is 11.2. The summed E-state index contributed by atoms with van der Waals surface area (Å²) >= 11 is 0. The Morgan fingerprint density at radius 2 is 1.76 bits per heavy atom. The van der Waals surface area contributed by atoms with Gasteiger partial charge in [-0.1, -0.05) is 42.5 Å². The first-order chi connectivity index (χ1) is 10.4. The Morgan fingerprint density at radius 1 is 0.905 bits per heavy atom. The largest absolute Gasteiger partial charge is 0.277 e. The van der Waals surface area contributed by atoms with Gasteiger partial charge in [0, 0.05) is 10.9 Å². The van der Waals surface area contributed by atoms with Crippen LogP contribution in [0.2, 0.25) is 0 Å². The minimum absolute atomic E-state index is 0.644. The highest BCUT2D eigenvalue weighted by Gasteiger charge is 2.11. The summed E-state index contributed by atoms with van der Waals surface area (Å²) in [6.07, 6.45) is 0. The number of nitrogens with one attached hydrogen (secondary N) is 1. The van der Waals surface area contributed by atoms with Gasteiger partial charge in [0.05, 0.1) is 17.1 Å². The number of fused-ring (bicyclic) bond motifs is 2. The van der Waals surface area contributed by atoms with Crippen molar-refractivity contribution in [1.82, 2.24) is 10.2 Å². The van der Waals surface area contributed by atoms with Gasteiger partial charge in [-0.2, -0.15) is 10.4 Å². The van der Waals surface area contributed by atoms with Gasteiger partial charge in [0.25, 0.3) is 0 Å². The number of rotatable bonds is 1. The van der Waals surface area contributed by atoms with Gasteiger partial charge >= 0.3 is 0 Å². The smallest absolute Gasteiger partial charge is 0.101 e. The number of nitrogens with zero attached hydrogens (tertiary/aromatic N) is 2. The Labute approximate surface area is 121 Å². The van der Waals surface area contributed by atoms with E-state index in [0.29, 0.717) is 5.56 Å². The van der Waals surface area contributed by atoms with Gasteiger partial charge in [-0.25, -0.2) is 0 Å². The van der Waals surface area contributed by atoms with Crippen molar-refractivity contribution in [2.75, 3.05) is 0 Å². The summed E-state index contributed by atoms with van der Waals surface area (Å²) in [6.45, 7) is 0. The molecule has 0 amide bonds. The Bertz CT molecular complexity index is 1000. The van der Waals surface area contributed by atoms with E-state index in [9.17, 15) is 0 Å². The number of aromatic nitrogens is 2. The van der Waals surface area contributed by atoms with Crippen molar-refractivity contribution in [3.8, 4) is 17.3 Å². The highest BCUT2D eigenvalue weighted by atomic mass is 15.1. The normalized spacial score (nSPS) is 10.8. The van der Waals surface area contributed by atoms with Crippen LogP contribution in [0.1, 0.15) is 5.56 Å². The quantitative estimate of drug-likeness (QED) is 0.561. The molecule has 98 valence electrons. The molecule has 0 fully saturated rings. The molecule has 1 N–H and O–H groups in total. The van der Waals surface area contributed by atoms with Crippen molar-refractivity contribution in [3.05, 3.63) is 66.2 Å². The Balaban J connectivity index is 2.07. The van der Waals surface area contributed by atoms with Crippen LogP contribution in [0.15, 0.2) is 60.7 Å². The summed E-state index contributed by atoms with van der Waals surface area (Å²) in [4.78, 5) is 0. The van der Waals surface area contributed by atoms with Crippen LogP contribution in [0.4, 0.5) is 0 Å². The molecular weight excluding hydrogens is 258 g/mol. The molecule has 0 saturated carbocycles. The van der Waals surface area contributed by atoms with Gasteiger partial charge in [0.2, 0.25) is 0 Å². The second-order valence-corrected chi connectivity index (χ2v) is 4.97. The molecule has 21 heavy (non-hydrogen) atoms. The van der Waals surface area contributed by atoms with E-state index in [1.807, 2.05) is 30.3 Å². The van der Waals surface area contributed by atoms with E-state index >= 15 is 0 Å². The molecule has 4 aromatic rings. The molecule has 0 aliphatic heterocycles. The Hall–Kier alpha value is -3.12. The molecule has 4 rings (SSSR count). The third-order valence-electron chi connectivity index (χ3n) is 3.74. The highest BCUT2D eigenvalue weighted by molar-refractivity contribution is 6.03. The fourth-order valence-electron chi connectivity index (χ4n) is 2.72. The van der Waals surface area contributed by atoms with Gasteiger partial charge < -0.3 is 0 Å². The van der Waals surface area contributed by atoms with Crippen molar-refractivity contribution in [3.63, 3.8) is 0 Å². The molecule has 3 heteroatoms. The maximum absolute atomic E-state index is 9.09. The molecule has 0 spiro atoms. The van der Waals surface area contributed by atoms with Crippen LogP contribution in [-0.2, 0) is 0 Å². The third kappa shape index (κ3) is 1.78. The highest BCUT2D eigenvalue weighted by Crippen LogP contribution is 2.32. The SMILES string of the molecule is N#Cc1ccc2[nH]nc(-c3cccc4ccccc34)c2c1. The van der Waals surface area contributed by atoms with Crippen LogP contribution in [0.3, 0.4) is 0 Å². The van der Waals surface area contributed by atoms with Gasteiger partial charge in [-0.15, -0.1) is 0 Å². The van der Waals surface area contributed by atoms with Crippen molar-refractivity contribution < 1.29 is 0 Å². The topological polar surface area (TPSA) is 52.5 Å². The number of H-pyrrole nitrogens is 1. The van der Waals surface area contributed by atoms with Gasteiger partial charge in [-0.3, -0.25) is 5.10 Å². The van der Waals surface area contributed by atoms with Crippen LogP contribution in [-0.4, -0.2) is 10.2 Å². The fourth-order valence-corrected chi connectivity index (χ4v) is 2.72. The van der Waals surface area contributed by atoms with Crippen LogP contribution >= 0.6 is 0 Å². The van der Waals surface area contributed by atoms with Gasteiger partial charge in [0.1, 0.15) is 5.69 Å². The molecule has 0 saturated heterocycles. The molecule has 3 nitrogen and oxygen atoms in total. The van der Waals surface area contributed by atoms with Gasteiger partial charge in [-0.05, 0) is 29.0 Å². The number of hydrogen-bond acceptors (Lipinski definition) is 2. The van der Waals surface area contributed by atoms with Crippen LogP contribution in [0, 0.1) is 11.3 Å². The molecule has 0 atom stereocenters. The zero-order chi connectivity index (χ0) is 14.2. The van der Waals surface area contributed by atoms with Crippen molar-refractivity contribution >= 4 is 21.7 Å².